The zero-order chi connectivity index (χ0) is 11.5. The van der Waals surface area contributed by atoms with Gasteiger partial charge in [-0.25, -0.2) is 0 Å². The van der Waals surface area contributed by atoms with E-state index in [1.54, 1.807) is 18.0 Å². The Morgan fingerprint density at radius 1 is 1.38 bits per heavy atom. The molecule has 4 heteroatoms. The number of hydrogen-bond acceptors (Lipinski definition) is 4. The molecule has 0 radical (unpaired) electrons. The van der Waals surface area contributed by atoms with Crippen LogP contribution >= 0.6 is 23.5 Å². The molecule has 0 aliphatic carbocycles. The van der Waals surface area contributed by atoms with E-state index in [0.29, 0.717) is 5.25 Å². The molecule has 1 aliphatic heterocycles. The molecule has 2 unspecified atom stereocenters. The Balaban J connectivity index is 2.14. The first-order valence-corrected chi connectivity index (χ1v) is 7.48. The van der Waals surface area contributed by atoms with Gasteiger partial charge in [-0.05, 0) is 19.1 Å². The molecule has 0 bridgehead atoms. The Bertz CT molecular complexity index is 377. The van der Waals surface area contributed by atoms with Crippen LogP contribution in [0.3, 0.4) is 0 Å². The third-order valence-corrected chi connectivity index (χ3v) is 5.73. The van der Waals surface area contributed by atoms with E-state index in [9.17, 15) is 4.79 Å². The molecule has 2 heterocycles. The summed E-state index contributed by atoms with van der Waals surface area (Å²) in [6, 6.07) is 3.79. The molecular weight excluding hydrogens is 238 g/mol. The van der Waals surface area contributed by atoms with Gasteiger partial charge in [0, 0.05) is 34.2 Å². The second-order valence-corrected chi connectivity index (χ2v) is 6.65. The zero-order valence-electron chi connectivity index (χ0n) is 9.47. The normalized spacial score (nSPS) is 25.4. The molecule has 86 valence electrons. The summed E-state index contributed by atoms with van der Waals surface area (Å²) in [5.41, 5.74) is 1.70. The zero-order valence-corrected chi connectivity index (χ0v) is 11.1. The van der Waals surface area contributed by atoms with Crippen molar-refractivity contribution in [3.63, 3.8) is 0 Å². The van der Waals surface area contributed by atoms with Gasteiger partial charge in [-0.3, -0.25) is 9.78 Å². The summed E-state index contributed by atoms with van der Waals surface area (Å²) in [6.07, 6.45) is 1.70. The third-order valence-electron chi connectivity index (χ3n) is 2.64. The van der Waals surface area contributed by atoms with Crippen LogP contribution in [0.2, 0.25) is 0 Å². The molecule has 0 saturated carbocycles. The number of Topliss-reactive ketones (excluding diaryl/α,β-unsaturated/α-hetero) is 1. The topological polar surface area (TPSA) is 30.0 Å². The maximum Gasteiger partial charge on any atom is 0.178 e. The maximum atomic E-state index is 12.2. The van der Waals surface area contributed by atoms with Gasteiger partial charge in [0.2, 0.25) is 0 Å². The van der Waals surface area contributed by atoms with Crippen molar-refractivity contribution < 1.29 is 4.79 Å². The van der Waals surface area contributed by atoms with Crippen LogP contribution < -0.4 is 0 Å². The molecular formula is C12H15NOS2. The molecule has 1 saturated heterocycles. The van der Waals surface area contributed by atoms with Crippen molar-refractivity contribution in [3.8, 4) is 0 Å². The van der Waals surface area contributed by atoms with Gasteiger partial charge in [0.25, 0.3) is 0 Å². The minimum atomic E-state index is 0.100. The number of ketones is 1. The second-order valence-electron chi connectivity index (χ2n) is 3.92. The Kier molecular flexibility index (Phi) is 3.92. The van der Waals surface area contributed by atoms with Gasteiger partial charge in [-0.1, -0.05) is 6.92 Å². The monoisotopic (exact) mass is 253 g/mol. The van der Waals surface area contributed by atoms with Crippen LogP contribution in [0.1, 0.15) is 23.0 Å². The van der Waals surface area contributed by atoms with Crippen molar-refractivity contribution in [3.05, 3.63) is 29.6 Å². The predicted molar refractivity (Wildman–Crippen MR) is 71.5 cm³/mol. The lowest BCUT2D eigenvalue weighted by Gasteiger charge is -2.26. The smallest absolute Gasteiger partial charge is 0.178 e. The summed E-state index contributed by atoms with van der Waals surface area (Å²) in [7, 11) is 0. The number of pyridine rings is 1. The lowest BCUT2D eigenvalue weighted by Crippen LogP contribution is -2.31. The highest BCUT2D eigenvalue weighted by atomic mass is 32.2. The van der Waals surface area contributed by atoms with Gasteiger partial charge in [0.15, 0.2) is 5.78 Å². The summed E-state index contributed by atoms with van der Waals surface area (Å²) < 4.78 is 0. The summed E-state index contributed by atoms with van der Waals surface area (Å²) in [4.78, 5) is 16.4. The van der Waals surface area contributed by atoms with Crippen LogP contribution in [0.5, 0.6) is 0 Å². The van der Waals surface area contributed by atoms with Crippen molar-refractivity contribution in [1.82, 2.24) is 4.98 Å². The Morgan fingerprint density at radius 2 is 2.12 bits per heavy atom. The SMILES string of the molecule is Cc1ccc(C(=O)C2SCCSC2C)cn1. The van der Waals surface area contributed by atoms with E-state index in [0.717, 1.165) is 22.8 Å². The molecule has 0 amide bonds. The number of nitrogens with zero attached hydrogens (tertiary/aromatic N) is 1. The van der Waals surface area contributed by atoms with Gasteiger partial charge in [0.1, 0.15) is 0 Å². The predicted octanol–water partition coefficient (Wildman–Crippen LogP) is 2.81. The Hall–Kier alpha value is -0.480. The average molecular weight is 253 g/mol. The van der Waals surface area contributed by atoms with E-state index >= 15 is 0 Å². The molecule has 1 aliphatic rings. The first kappa shape index (κ1) is 12.0. The number of carbonyl (C=O) groups is 1. The van der Waals surface area contributed by atoms with Gasteiger partial charge >= 0.3 is 0 Å². The summed E-state index contributed by atoms with van der Waals surface area (Å²) >= 11 is 3.67. The van der Waals surface area contributed by atoms with Crippen molar-refractivity contribution in [2.45, 2.75) is 24.3 Å². The van der Waals surface area contributed by atoms with Gasteiger partial charge in [-0.2, -0.15) is 11.8 Å². The quantitative estimate of drug-likeness (QED) is 0.758. The van der Waals surface area contributed by atoms with Crippen molar-refractivity contribution in [2.24, 2.45) is 0 Å². The number of rotatable bonds is 2. The largest absolute Gasteiger partial charge is 0.293 e. The minimum Gasteiger partial charge on any atom is -0.293 e. The molecule has 0 aromatic carbocycles. The van der Waals surface area contributed by atoms with Crippen LogP contribution in [0, 0.1) is 6.92 Å². The van der Waals surface area contributed by atoms with Crippen LogP contribution in [0.25, 0.3) is 0 Å². The van der Waals surface area contributed by atoms with Crippen molar-refractivity contribution in [2.75, 3.05) is 11.5 Å². The van der Waals surface area contributed by atoms with Crippen LogP contribution in [-0.4, -0.2) is 32.8 Å². The average Bonchev–Trinajstić information content (AvgIpc) is 2.30. The van der Waals surface area contributed by atoms with E-state index < -0.39 is 0 Å². The van der Waals surface area contributed by atoms with E-state index in [1.165, 1.54) is 0 Å². The standard InChI is InChI=1S/C12H15NOS2/c1-8-3-4-10(7-13-8)11(14)12-9(2)15-5-6-16-12/h3-4,7,9,12H,5-6H2,1-2H3. The first-order valence-electron chi connectivity index (χ1n) is 5.38. The van der Waals surface area contributed by atoms with Crippen LogP contribution in [0.4, 0.5) is 0 Å². The third kappa shape index (κ3) is 2.61. The van der Waals surface area contributed by atoms with E-state index in [-0.39, 0.29) is 11.0 Å². The van der Waals surface area contributed by atoms with Crippen LogP contribution in [0.15, 0.2) is 18.3 Å². The number of aryl methyl sites for hydroxylation is 1. The molecule has 2 atom stereocenters. The molecule has 0 N–H and O–H groups in total. The first-order chi connectivity index (χ1) is 7.68. The second kappa shape index (κ2) is 5.23. The molecule has 1 fully saturated rings. The van der Waals surface area contributed by atoms with Crippen molar-refractivity contribution >= 4 is 29.3 Å². The number of thioether (sulfide) groups is 2. The summed E-state index contributed by atoms with van der Waals surface area (Å²) in [6.45, 7) is 4.07. The van der Waals surface area contributed by atoms with E-state index in [1.807, 2.05) is 30.8 Å². The van der Waals surface area contributed by atoms with Crippen LogP contribution in [-0.2, 0) is 0 Å². The van der Waals surface area contributed by atoms with Gasteiger partial charge in [-0.15, -0.1) is 11.8 Å². The maximum absolute atomic E-state index is 12.2. The van der Waals surface area contributed by atoms with Crippen molar-refractivity contribution in [1.29, 1.82) is 0 Å². The fourth-order valence-electron chi connectivity index (χ4n) is 1.70. The molecule has 1 aromatic rings. The van der Waals surface area contributed by atoms with Gasteiger partial charge in [0.05, 0.1) is 5.25 Å². The molecule has 16 heavy (non-hydrogen) atoms. The number of aromatic nitrogens is 1. The highest BCUT2D eigenvalue weighted by Gasteiger charge is 2.29. The summed E-state index contributed by atoms with van der Waals surface area (Å²) in [5, 5.41) is 0.510. The fourth-order valence-corrected chi connectivity index (χ4v) is 4.42. The molecule has 0 spiro atoms. The Labute approximate surface area is 105 Å². The number of hydrogen-bond donors (Lipinski definition) is 0. The minimum absolute atomic E-state index is 0.100. The number of carbonyl (C=O) groups excluding carboxylic acids is 1. The fraction of sp³-hybridized carbons (Fsp3) is 0.500. The lowest BCUT2D eigenvalue weighted by molar-refractivity contribution is 0.0989. The highest BCUT2D eigenvalue weighted by molar-refractivity contribution is 8.07. The molecule has 2 rings (SSSR count). The van der Waals surface area contributed by atoms with Gasteiger partial charge < -0.3 is 0 Å². The molecule has 1 aromatic heterocycles. The van der Waals surface area contributed by atoms with E-state index in [4.69, 9.17) is 0 Å². The lowest BCUT2D eigenvalue weighted by atomic mass is 10.1. The molecule has 2 nitrogen and oxygen atoms in total. The summed E-state index contributed by atoms with van der Waals surface area (Å²) in [5.74, 6) is 2.46. The highest BCUT2D eigenvalue weighted by Crippen LogP contribution is 2.32. The van der Waals surface area contributed by atoms with E-state index in [2.05, 4.69) is 11.9 Å². The Morgan fingerprint density at radius 3 is 2.75 bits per heavy atom.